The Bertz CT molecular complexity index is 575. The number of anilines is 2. The van der Waals surface area contributed by atoms with Gasteiger partial charge in [-0.05, 0) is 20.0 Å². The number of nitrogens with one attached hydrogen (secondary N) is 3. The lowest BCUT2D eigenvalue weighted by molar-refractivity contribution is -0.384. The Morgan fingerprint density at radius 2 is 2.05 bits per heavy atom. The lowest BCUT2D eigenvalue weighted by Gasteiger charge is -2.09. The first kappa shape index (κ1) is 16.1. The molecule has 0 aromatic carbocycles. The zero-order chi connectivity index (χ0) is 15.2. The van der Waals surface area contributed by atoms with Crippen molar-refractivity contribution in [2.24, 2.45) is 0 Å². The first-order valence-corrected chi connectivity index (χ1v) is 7.59. The fourth-order valence-corrected chi connectivity index (χ4v) is 1.99. The predicted octanol–water partition coefficient (Wildman–Crippen LogP) is 0.383. The highest BCUT2D eigenvalue weighted by Gasteiger charge is 2.16. The van der Waals surface area contributed by atoms with E-state index in [1.807, 2.05) is 6.92 Å². The second kappa shape index (κ2) is 7.01. The Kier molecular flexibility index (Phi) is 5.65. The molecule has 3 N–H and O–H groups in total. The highest BCUT2D eigenvalue weighted by Crippen LogP contribution is 2.23. The highest BCUT2D eigenvalue weighted by molar-refractivity contribution is 7.89. The fraction of sp³-hybridized carbons (Fsp3) is 0.500. The Balaban J connectivity index is 2.85. The van der Waals surface area contributed by atoms with Gasteiger partial charge in [0.05, 0.1) is 10.7 Å². The number of nitro groups is 1. The standard InChI is InChI=1S/C10H17N5O4S/c1-3-12-9-5-4-8(15(16)17)10(14-9)13-6-7-20(18,19)11-2/h4-5,11H,3,6-7H2,1-2H3,(H2,12,13,14). The number of aromatic nitrogens is 1. The van der Waals surface area contributed by atoms with Crippen LogP contribution in [0.1, 0.15) is 6.92 Å². The van der Waals surface area contributed by atoms with Gasteiger partial charge in [0.15, 0.2) is 0 Å². The van der Waals surface area contributed by atoms with Gasteiger partial charge in [0.2, 0.25) is 15.8 Å². The zero-order valence-electron chi connectivity index (χ0n) is 11.2. The topological polar surface area (TPSA) is 126 Å². The van der Waals surface area contributed by atoms with Crippen LogP contribution in [-0.2, 0) is 10.0 Å². The molecule has 1 heterocycles. The minimum Gasteiger partial charge on any atom is -0.370 e. The Morgan fingerprint density at radius 3 is 2.60 bits per heavy atom. The number of pyridine rings is 1. The first-order valence-electron chi connectivity index (χ1n) is 5.94. The van der Waals surface area contributed by atoms with E-state index in [-0.39, 0.29) is 23.8 Å². The molecule has 0 spiro atoms. The molecule has 9 nitrogen and oxygen atoms in total. The average Bonchev–Trinajstić information content (AvgIpc) is 2.39. The molecular weight excluding hydrogens is 286 g/mol. The molecule has 0 saturated carbocycles. The third kappa shape index (κ3) is 4.63. The molecule has 112 valence electrons. The highest BCUT2D eigenvalue weighted by atomic mass is 32.2. The van der Waals surface area contributed by atoms with Crippen LogP contribution in [-0.4, -0.2) is 44.2 Å². The molecule has 1 aromatic heterocycles. The Labute approximate surface area is 117 Å². The molecule has 0 bridgehead atoms. The summed E-state index contributed by atoms with van der Waals surface area (Å²) in [6.07, 6.45) is 0. The Morgan fingerprint density at radius 1 is 1.35 bits per heavy atom. The van der Waals surface area contributed by atoms with E-state index >= 15 is 0 Å². The van der Waals surface area contributed by atoms with Crippen LogP contribution < -0.4 is 15.4 Å². The summed E-state index contributed by atoms with van der Waals surface area (Å²) in [6, 6.07) is 2.82. The molecule has 10 heteroatoms. The van der Waals surface area contributed by atoms with E-state index in [1.165, 1.54) is 19.2 Å². The van der Waals surface area contributed by atoms with Crippen LogP contribution in [0.15, 0.2) is 12.1 Å². The van der Waals surface area contributed by atoms with Crippen molar-refractivity contribution in [3.63, 3.8) is 0 Å². The molecule has 20 heavy (non-hydrogen) atoms. The van der Waals surface area contributed by atoms with Gasteiger partial charge in [0.1, 0.15) is 5.82 Å². The van der Waals surface area contributed by atoms with Crippen LogP contribution >= 0.6 is 0 Å². The second-order valence-corrected chi connectivity index (χ2v) is 5.85. The van der Waals surface area contributed by atoms with Gasteiger partial charge in [0.25, 0.3) is 0 Å². The maximum absolute atomic E-state index is 11.3. The van der Waals surface area contributed by atoms with Crippen LogP contribution in [0.3, 0.4) is 0 Å². The third-order valence-electron chi connectivity index (χ3n) is 2.40. The number of sulfonamides is 1. The van der Waals surface area contributed by atoms with Gasteiger partial charge in [0, 0.05) is 19.2 Å². The van der Waals surface area contributed by atoms with Crippen molar-refractivity contribution in [1.29, 1.82) is 0 Å². The molecule has 0 radical (unpaired) electrons. The SMILES string of the molecule is CCNc1ccc([N+](=O)[O-])c(NCCS(=O)(=O)NC)n1. The summed E-state index contributed by atoms with van der Waals surface area (Å²) in [4.78, 5) is 14.4. The number of rotatable bonds is 8. The van der Waals surface area contributed by atoms with Gasteiger partial charge in [-0.3, -0.25) is 10.1 Å². The van der Waals surface area contributed by atoms with Gasteiger partial charge in [-0.2, -0.15) is 0 Å². The predicted molar refractivity (Wildman–Crippen MR) is 76.4 cm³/mol. The van der Waals surface area contributed by atoms with Crippen LogP contribution in [0, 0.1) is 10.1 Å². The van der Waals surface area contributed by atoms with Gasteiger partial charge >= 0.3 is 5.69 Å². The minimum absolute atomic E-state index is 0.0204. The van der Waals surface area contributed by atoms with Crippen molar-refractivity contribution >= 4 is 27.3 Å². The van der Waals surface area contributed by atoms with Gasteiger partial charge in [-0.15, -0.1) is 0 Å². The first-order chi connectivity index (χ1) is 9.39. The molecule has 0 aliphatic rings. The smallest absolute Gasteiger partial charge is 0.311 e. The molecule has 1 rings (SSSR count). The monoisotopic (exact) mass is 303 g/mol. The maximum Gasteiger partial charge on any atom is 0.311 e. The summed E-state index contributed by atoms with van der Waals surface area (Å²) in [5.74, 6) is 0.324. The molecule has 0 saturated heterocycles. The van der Waals surface area contributed by atoms with Gasteiger partial charge in [-0.1, -0.05) is 0 Å². The number of nitrogens with zero attached hydrogens (tertiary/aromatic N) is 2. The molecule has 0 fully saturated rings. The van der Waals surface area contributed by atoms with E-state index in [2.05, 4.69) is 20.3 Å². The molecule has 0 unspecified atom stereocenters. The minimum atomic E-state index is -3.37. The summed E-state index contributed by atoms with van der Waals surface area (Å²) in [6.45, 7) is 2.51. The molecule has 1 aromatic rings. The quantitative estimate of drug-likeness (QED) is 0.468. The molecule has 0 aliphatic heterocycles. The van der Waals surface area contributed by atoms with E-state index in [0.717, 1.165) is 0 Å². The van der Waals surface area contributed by atoms with E-state index in [9.17, 15) is 18.5 Å². The van der Waals surface area contributed by atoms with Gasteiger partial charge < -0.3 is 10.6 Å². The molecule has 0 atom stereocenters. The largest absolute Gasteiger partial charge is 0.370 e. The molecular formula is C10H17N5O4S. The average molecular weight is 303 g/mol. The second-order valence-electron chi connectivity index (χ2n) is 3.80. The van der Waals surface area contributed by atoms with Crippen LogP contribution in [0.4, 0.5) is 17.3 Å². The number of hydrogen-bond acceptors (Lipinski definition) is 7. The van der Waals surface area contributed by atoms with Crippen molar-refractivity contribution < 1.29 is 13.3 Å². The van der Waals surface area contributed by atoms with E-state index in [0.29, 0.717) is 12.4 Å². The van der Waals surface area contributed by atoms with E-state index in [1.54, 1.807) is 0 Å². The summed E-state index contributed by atoms with van der Waals surface area (Å²) in [7, 11) is -2.06. The summed E-state index contributed by atoms with van der Waals surface area (Å²) in [5, 5.41) is 16.5. The zero-order valence-corrected chi connectivity index (χ0v) is 12.0. The fourth-order valence-electron chi connectivity index (χ4n) is 1.41. The van der Waals surface area contributed by atoms with Crippen molar-refractivity contribution in [3.05, 3.63) is 22.2 Å². The summed E-state index contributed by atoms with van der Waals surface area (Å²) in [5.41, 5.74) is -0.200. The molecule has 0 amide bonds. The lowest BCUT2D eigenvalue weighted by atomic mass is 10.3. The van der Waals surface area contributed by atoms with Crippen molar-refractivity contribution in [1.82, 2.24) is 9.71 Å². The number of hydrogen-bond donors (Lipinski definition) is 3. The van der Waals surface area contributed by atoms with Crippen molar-refractivity contribution in [2.75, 3.05) is 36.5 Å². The van der Waals surface area contributed by atoms with Crippen LogP contribution in [0.25, 0.3) is 0 Å². The van der Waals surface area contributed by atoms with Gasteiger partial charge in [-0.25, -0.2) is 18.1 Å². The van der Waals surface area contributed by atoms with Crippen molar-refractivity contribution in [2.45, 2.75) is 6.92 Å². The summed E-state index contributed by atoms with van der Waals surface area (Å²) < 4.78 is 24.7. The van der Waals surface area contributed by atoms with E-state index in [4.69, 9.17) is 0 Å². The van der Waals surface area contributed by atoms with Crippen LogP contribution in [0.5, 0.6) is 0 Å². The third-order valence-corrected chi connectivity index (χ3v) is 3.77. The van der Waals surface area contributed by atoms with Crippen LogP contribution in [0.2, 0.25) is 0 Å². The van der Waals surface area contributed by atoms with E-state index < -0.39 is 14.9 Å². The normalized spacial score (nSPS) is 11.1. The van der Waals surface area contributed by atoms with Crippen molar-refractivity contribution in [3.8, 4) is 0 Å². The Hall–Kier alpha value is -1.94. The summed E-state index contributed by atoms with van der Waals surface area (Å²) >= 11 is 0. The maximum atomic E-state index is 11.3. The molecule has 0 aliphatic carbocycles. The lowest BCUT2D eigenvalue weighted by Crippen LogP contribution is -2.26.